The maximum Gasteiger partial charge on any atom is 0.264 e. The molecule has 0 aliphatic carbocycles. The lowest BCUT2D eigenvalue weighted by Crippen LogP contribution is -2.54. The van der Waals surface area contributed by atoms with Gasteiger partial charge in [-0.25, -0.2) is 0 Å². The van der Waals surface area contributed by atoms with Crippen LogP contribution in [0.3, 0.4) is 0 Å². The zero-order valence-corrected chi connectivity index (χ0v) is 31.4. The summed E-state index contributed by atoms with van der Waals surface area (Å²) in [5.41, 5.74) is 3.67. The molecule has 2 atom stereocenters. The highest BCUT2D eigenvalue weighted by molar-refractivity contribution is 6.25. The third kappa shape index (κ3) is 9.45. The van der Waals surface area contributed by atoms with Crippen LogP contribution >= 0.6 is 0 Å². The molecule has 0 aromatic heterocycles. The number of hydrogen-bond donors (Lipinski definition) is 4. The summed E-state index contributed by atoms with van der Waals surface area (Å²) < 4.78 is 16.7. The number of carbonyl (C=O) groups is 6. The standard InChI is InChI=1S/C42H45N5O9/c1-26-13-14-29(25-33(26)39(50)44-27(2)30-10-5-8-28-7-3-4-9-31(28)30)45-37(49)17-19-54-21-23-56-24-22-55-20-18-43-34-12-6-11-32-38(34)42(53)47(41(32)52)35-15-16-36(48)46-40(35)51/h3-14,25,27,35,43H,15-24H2,1-2H3,(H,44,50)(H,45,49)(H,46,48,51)/t27-,35?/m1/s1. The third-order valence-corrected chi connectivity index (χ3v) is 9.65. The molecule has 2 heterocycles. The molecule has 6 rings (SSSR count). The van der Waals surface area contributed by atoms with E-state index in [9.17, 15) is 28.8 Å². The molecule has 292 valence electrons. The number of nitrogens with zero attached hydrogens (tertiary/aromatic N) is 1. The van der Waals surface area contributed by atoms with Crippen LogP contribution in [0.5, 0.6) is 0 Å². The molecule has 14 nitrogen and oxygen atoms in total. The SMILES string of the molecule is Cc1ccc(NC(=O)CCOCCOCCOCCNc2cccc3c2C(=O)N(C2CCC(=O)NC2=O)C3=O)cc1C(=O)N[C@H](C)c1cccc2ccccc12. The Bertz CT molecular complexity index is 2130. The first-order valence-electron chi connectivity index (χ1n) is 18.6. The van der Waals surface area contributed by atoms with Gasteiger partial charge in [0.15, 0.2) is 0 Å². The normalized spacial score (nSPS) is 15.8. The van der Waals surface area contributed by atoms with Gasteiger partial charge in [0.1, 0.15) is 6.04 Å². The molecule has 4 aromatic carbocycles. The highest BCUT2D eigenvalue weighted by Crippen LogP contribution is 2.32. The van der Waals surface area contributed by atoms with Crippen molar-refractivity contribution in [2.24, 2.45) is 0 Å². The Morgan fingerprint density at radius 1 is 0.839 bits per heavy atom. The van der Waals surface area contributed by atoms with E-state index in [1.165, 1.54) is 6.07 Å². The van der Waals surface area contributed by atoms with Gasteiger partial charge in [0.25, 0.3) is 17.7 Å². The summed E-state index contributed by atoms with van der Waals surface area (Å²) in [6, 6.07) is 23.0. The highest BCUT2D eigenvalue weighted by atomic mass is 16.5. The van der Waals surface area contributed by atoms with E-state index < -0.39 is 29.7 Å². The molecule has 2 aliphatic heterocycles. The van der Waals surface area contributed by atoms with E-state index in [1.807, 2.05) is 56.3 Å². The predicted octanol–water partition coefficient (Wildman–Crippen LogP) is 4.53. The van der Waals surface area contributed by atoms with Crippen LogP contribution in [0, 0.1) is 6.92 Å². The van der Waals surface area contributed by atoms with Crippen molar-refractivity contribution in [2.45, 2.75) is 45.2 Å². The van der Waals surface area contributed by atoms with Crippen molar-refractivity contribution in [1.82, 2.24) is 15.5 Å². The van der Waals surface area contributed by atoms with Crippen molar-refractivity contribution < 1.29 is 43.0 Å². The zero-order valence-electron chi connectivity index (χ0n) is 31.4. The van der Waals surface area contributed by atoms with Crippen LogP contribution in [0.15, 0.2) is 78.9 Å². The molecule has 0 radical (unpaired) electrons. The Kier molecular flexibility index (Phi) is 13.2. The zero-order chi connectivity index (χ0) is 39.6. The van der Waals surface area contributed by atoms with Gasteiger partial charge in [0, 0.05) is 29.9 Å². The van der Waals surface area contributed by atoms with Crippen LogP contribution in [0.25, 0.3) is 10.8 Å². The number of aryl methyl sites for hydroxylation is 1. The van der Waals surface area contributed by atoms with E-state index in [0.29, 0.717) is 56.5 Å². The average Bonchev–Trinajstić information content (AvgIpc) is 3.44. The number of imide groups is 2. The minimum atomic E-state index is -1.03. The van der Waals surface area contributed by atoms with Gasteiger partial charge in [-0.05, 0) is 66.4 Å². The predicted molar refractivity (Wildman–Crippen MR) is 208 cm³/mol. The van der Waals surface area contributed by atoms with Crippen molar-refractivity contribution in [3.05, 3.63) is 107 Å². The maximum absolute atomic E-state index is 13.3. The van der Waals surface area contributed by atoms with Gasteiger partial charge in [0.05, 0.1) is 63.2 Å². The molecule has 0 bridgehead atoms. The van der Waals surface area contributed by atoms with Crippen LogP contribution in [0.1, 0.15) is 74.4 Å². The Morgan fingerprint density at radius 3 is 2.34 bits per heavy atom. The molecule has 1 unspecified atom stereocenters. The van der Waals surface area contributed by atoms with Gasteiger partial charge in [-0.2, -0.15) is 0 Å². The highest BCUT2D eigenvalue weighted by Gasteiger charge is 2.45. The second-order valence-electron chi connectivity index (χ2n) is 13.5. The topological polar surface area (TPSA) is 181 Å². The van der Waals surface area contributed by atoms with Gasteiger partial charge in [-0.3, -0.25) is 39.0 Å². The Labute approximate surface area is 324 Å². The lowest BCUT2D eigenvalue weighted by molar-refractivity contribution is -0.136. The molecule has 0 saturated carbocycles. The second kappa shape index (κ2) is 18.6. The molecule has 1 fully saturated rings. The fraction of sp³-hybridized carbons (Fsp3) is 0.333. The van der Waals surface area contributed by atoms with Crippen molar-refractivity contribution in [3.63, 3.8) is 0 Å². The lowest BCUT2D eigenvalue weighted by Gasteiger charge is -2.27. The first-order valence-corrected chi connectivity index (χ1v) is 18.6. The Balaban J connectivity index is 0.833. The molecule has 1 saturated heterocycles. The maximum atomic E-state index is 13.3. The summed E-state index contributed by atoms with van der Waals surface area (Å²) in [5, 5.41) is 13.5. The second-order valence-corrected chi connectivity index (χ2v) is 13.5. The van der Waals surface area contributed by atoms with Crippen molar-refractivity contribution in [2.75, 3.05) is 56.8 Å². The fourth-order valence-corrected chi connectivity index (χ4v) is 6.77. The third-order valence-electron chi connectivity index (χ3n) is 9.65. The molecule has 0 spiro atoms. The summed E-state index contributed by atoms with van der Waals surface area (Å²) in [4.78, 5) is 76.9. The quantitative estimate of drug-likeness (QED) is 0.0831. The summed E-state index contributed by atoms with van der Waals surface area (Å²) in [6.07, 6.45) is 0.269. The average molecular weight is 764 g/mol. The number of ether oxygens (including phenoxy) is 3. The number of piperidine rings is 1. The van der Waals surface area contributed by atoms with Crippen LogP contribution in [-0.4, -0.2) is 92.6 Å². The molecular formula is C42H45N5O9. The number of fused-ring (bicyclic) bond motifs is 2. The monoisotopic (exact) mass is 763 g/mol. The van der Waals surface area contributed by atoms with E-state index in [1.54, 1.807) is 30.3 Å². The summed E-state index contributed by atoms with van der Waals surface area (Å²) >= 11 is 0. The molecule has 6 amide bonds. The minimum Gasteiger partial charge on any atom is -0.382 e. The molecule has 14 heteroatoms. The van der Waals surface area contributed by atoms with Gasteiger partial charge >= 0.3 is 0 Å². The summed E-state index contributed by atoms with van der Waals surface area (Å²) in [7, 11) is 0. The number of benzene rings is 4. The van der Waals surface area contributed by atoms with Gasteiger partial charge in [0.2, 0.25) is 17.7 Å². The molecule has 4 N–H and O–H groups in total. The smallest absolute Gasteiger partial charge is 0.264 e. The Hall–Kier alpha value is -5.96. The molecule has 4 aromatic rings. The Morgan fingerprint density at radius 2 is 1.55 bits per heavy atom. The fourth-order valence-electron chi connectivity index (χ4n) is 6.77. The van der Waals surface area contributed by atoms with Gasteiger partial charge in [-0.1, -0.05) is 54.6 Å². The first kappa shape index (κ1) is 39.7. The largest absolute Gasteiger partial charge is 0.382 e. The van der Waals surface area contributed by atoms with Gasteiger partial charge in [-0.15, -0.1) is 0 Å². The molecular weight excluding hydrogens is 718 g/mol. The molecule has 2 aliphatic rings. The van der Waals surface area contributed by atoms with E-state index >= 15 is 0 Å². The van der Waals surface area contributed by atoms with Crippen LogP contribution in [0.4, 0.5) is 11.4 Å². The number of hydrogen-bond acceptors (Lipinski definition) is 10. The van der Waals surface area contributed by atoms with Crippen LogP contribution < -0.4 is 21.3 Å². The van der Waals surface area contributed by atoms with Crippen molar-refractivity contribution in [1.29, 1.82) is 0 Å². The van der Waals surface area contributed by atoms with E-state index in [4.69, 9.17) is 14.2 Å². The van der Waals surface area contributed by atoms with E-state index in [0.717, 1.165) is 26.8 Å². The van der Waals surface area contributed by atoms with Crippen molar-refractivity contribution >= 4 is 57.6 Å². The number of amides is 6. The number of carbonyl (C=O) groups excluding carboxylic acids is 6. The van der Waals surface area contributed by atoms with E-state index in [2.05, 4.69) is 21.3 Å². The summed E-state index contributed by atoms with van der Waals surface area (Å²) in [5.74, 6) is -2.69. The van der Waals surface area contributed by atoms with E-state index in [-0.39, 0.29) is 54.9 Å². The number of anilines is 2. The number of rotatable bonds is 18. The van der Waals surface area contributed by atoms with Crippen molar-refractivity contribution in [3.8, 4) is 0 Å². The minimum absolute atomic E-state index is 0.0521. The first-order chi connectivity index (χ1) is 27.1. The van der Waals surface area contributed by atoms with Crippen LogP contribution in [0.2, 0.25) is 0 Å². The molecule has 56 heavy (non-hydrogen) atoms. The summed E-state index contributed by atoms with van der Waals surface area (Å²) in [6.45, 7) is 5.90. The lowest BCUT2D eigenvalue weighted by atomic mass is 9.99. The van der Waals surface area contributed by atoms with Crippen LogP contribution in [-0.2, 0) is 28.6 Å². The number of nitrogens with one attached hydrogen (secondary N) is 4. The van der Waals surface area contributed by atoms with Gasteiger partial charge < -0.3 is 30.2 Å².